The smallest absolute Gasteiger partial charge is 0.398 e. The molecule has 8 aromatic carbocycles. The molecule has 5 heterocycles. The number of nitrogen functional groups attached to an aromatic ring is 2. The lowest BCUT2D eigenvalue weighted by Gasteiger charge is -2.07. The molecule has 496 valence electrons. The number of halogens is 8. The van der Waals surface area contributed by atoms with Crippen LogP contribution in [0.1, 0.15) is 55.6 Å². The molecule has 0 aliphatic carbocycles. The normalized spacial score (nSPS) is 11.0. The number of benzene rings is 8. The van der Waals surface area contributed by atoms with E-state index in [1.165, 1.54) is 18.7 Å². The Balaban J connectivity index is 0.000000141. The van der Waals surface area contributed by atoms with Crippen molar-refractivity contribution in [1.29, 1.82) is 0 Å². The van der Waals surface area contributed by atoms with E-state index in [1.807, 2.05) is 131 Å². The number of hydrogen-bond donors (Lipinski definition) is 2. The molecule has 0 amide bonds. The van der Waals surface area contributed by atoms with E-state index in [9.17, 15) is 19.2 Å². The van der Waals surface area contributed by atoms with Gasteiger partial charge < -0.3 is 33.7 Å². The third kappa shape index (κ3) is 17.6. The molecule has 13 aromatic rings. The van der Waals surface area contributed by atoms with Gasteiger partial charge in [0.15, 0.2) is 0 Å². The number of hydrogen-bond acceptors (Lipinski definition) is 15. The predicted molar refractivity (Wildman–Crippen MR) is 381 cm³/mol. The summed E-state index contributed by atoms with van der Waals surface area (Å²) in [6.45, 7) is 12.8. The van der Waals surface area contributed by atoms with Gasteiger partial charge in [0.25, 0.3) is 0 Å². The topological polar surface area (TPSA) is 262 Å². The molecule has 20 nitrogen and oxygen atoms in total. The van der Waals surface area contributed by atoms with E-state index in [4.69, 9.17) is 122 Å². The minimum atomic E-state index is -0.589. The summed E-state index contributed by atoms with van der Waals surface area (Å²) in [5.41, 5.74) is 25.7. The minimum absolute atomic E-state index is 0.142. The van der Waals surface area contributed by atoms with Gasteiger partial charge in [-0.15, -0.1) is 20.4 Å². The van der Waals surface area contributed by atoms with E-state index in [-0.39, 0.29) is 24.9 Å². The average molecular weight is 1460 g/mol. The zero-order valence-electron chi connectivity index (χ0n) is 52.3. The second-order valence-electron chi connectivity index (χ2n) is 22.2. The number of nitrogens with zero attached hydrogens (tertiary/aromatic N) is 10. The summed E-state index contributed by atoms with van der Waals surface area (Å²) in [4.78, 5) is 52.4. The van der Waals surface area contributed by atoms with E-state index in [0.29, 0.717) is 87.6 Å². The van der Waals surface area contributed by atoms with Gasteiger partial charge in [-0.3, -0.25) is 0 Å². The average Bonchev–Trinajstić information content (AvgIpc) is 1.71. The van der Waals surface area contributed by atoms with Gasteiger partial charge in [0.05, 0.1) is 64.0 Å². The summed E-state index contributed by atoms with van der Waals surface area (Å²) in [5.74, 6) is -1.22. The first-order valence-corrected chi connectivity index (χ1v) is 32.2. The maximum atomic E-state index is 12.2. The summed E-state index contributed by atoms with van der Waals surface area (Å²) in [5, 5.41) is 20.8. The van der Waals surface area contributed by atoms with Crippen molar-refractivity contribution in [2.75, 3.05) is 11.5 Å². The van der Waals surface area contributed by atoms with Crippen molar-refractivity contribution in [3.63, 3.8) is 0 Å². The monoisotopic (exact) mass is 1460 g/mol. The quantitative estimate of drug-likeness (QED) is 0.102. The molecule has 0 bridgehead atoms. The standard InChI is InChI=1S/C20H17ClN4O2.C17H15ClN2O2.2C16H12Cl3N3O2/c1-13-3-5-17(21)10-16(13)11-25-20(26)27-19(23-25)15-4-6-18(14(2)9-15)24-8-7-22-12-24;1-11-3-6-13(7-4-11)16-19-20(17(21)22-16)10-14-9-15(18)8-5-12(14)2;1-8-2-14(20)13(19)5-10(8)7-22-16(23)24-15(21-22)9-3-11(17)6-12(18)4-9;1-8-4-14(20)13(19)6-10(8)7-22-16(23)24-15(21-22)9-2-3-11(17)12(18)5-9/h3-10,12H,11H2,1-2H3;3-9H,10H2,1-2H3;2*2-6H,7,20H2,1H3. The number of rotatable bonds is 13. The molecule has 0 saturated carbocycles. The van der Waals surface area contributed by atoms with Crippen molar-refractivity contribution >= 4 is 104 Å². The van der Waals surface area contributed by atoms with Crippen LogP contribution in [-0.4, -0.2) is 48.7 Å². The number of imidazole rings is 1. The largest absolute Gasteiger partial charge is 0.437 e. The van der Waals surface area contributed by atoms with E-state index in [0.717, 1.165) is 72.4 Å². The molecule has 0 saturated heterocycles. The van der Waals surface area contributed by atoms with Gasteiger partial charge in [-0.25, -0.2) is 24.2 Å². The van der Waals surface area contributed by atoms with Crippen LogP contribution in [0, 0.1) is 41.5 Å². The molecule has 0 spiro atoms. The Bertz CT molecular complexity index is 5260. The molecule has 0 unspecified atom stereocenters. The number of anilines is 2. The van der Waals surface area contributed by atoms with Gasteiger partial charge in [0, 0.05) is 60.4 Å². The van der Waals surface area contributed by atoms with Crippen LogP contribution in [0.25, 0.3) is 51.5 Å². The lowest BCUT2D eigenvalue weighted by atomic mass is 10.1. The first kappa shape index (κ1) is 70.5. The van der Waals surface area contributed by atoms with Crippen LogP contribution >= 0.6 is 92.8 Å². The Labute approximate surface area is 593 Å². The SMILES string of the molecule is Cc1cc(N)c(Cl)cc1Cn1nc(-c2cc(Cl)cc(Cl)c2)oc1=O.Cc1cc(N)c(Cl)cc1Cn1nc(-c2ccc(Cl)c(Cl)c2)oc1=O.Cc1ccc(-c2nn(Cc3cc(Cl)ccc3C)c(=O)o2)cc1.Cc1ccc(Cl)cc1Cn1nc(-c2ccc(-n3ccnc3)c(C)c2)oc1=O. The van der Waals surface area contributed by atoms with Gasteiger partial charge in [0.2, 0.25) is 23.6 Å². The highest BCUT2D eigenvalue weighted by Gasteiger charge is 2.19. The lowest BCUT2D eigenvalue weighted by Crippen LogP contribution is -2.17. The van der Waals surface area contributed by atoms with E-state index in [1.54, 1.807) is 73.2 Å². The van der Waals surface area contributed by atoms with E-state index >= 15 is 0 Å². The van der Waals surface area contributed by atoms with Gasteiger partial charge in [-0.1, -0.05) is 123 Å². The van der Waals surface area contributed by atoms with Crippen molar-refractivity contribution < 1.29 is 17.7 Å². The second-order valence-corrected chi connectivity index (χ2v) is 25.6. The van der Waals surface area contributed by atoms with Crippen LogP contribution in [-0.2, 0) is 26.2 Å². The lowest BCUT2D eigenvalue weighted by molar-refractivity contribution is 0.494. The van der Waals surface area contributed by atoms with Crippen molar-refractivity contribution in [2.24, 2.45) is 0 Å². The number of aryl methyl sites for hydroxylation is 6. The third-order valence-electron chi connectivity index (χ3n) is 15.0. The minimum Gasteiger partial charge on any atom is -0.398 e. The maximum Gasteiger partial charge on any atom is 0.437 e. The summed E-state index contributed by atoms with van der Waals surface area (Å²) in [7, 11) is 0. The Hall–Kier alpha value is -9.35. The molecule has 0 aliphatic heterocycles. The second kappa shape index (κ2) is 30.8. The van der Waals surface area contributed by atoms with Crippen LogP contribution < -0.4 is 34.5 Å². The summed E-state index contributed by atoms with van der Waals surface area (Å²) >= 11 is 47.9. The highest BCUT2D eigenvalue weighted by atomic mass is 35.5. The molecule has 28 heteroatoms. The Morgan fingerprint density at radius 3 is 1.19 bits per heavy atom. The molecular weight excluding hydrogens is 1410 g/mol. The first-order valence-electron chi connectivity index (χ1n) is 29.2. The van der Waals surface area contributed by atoms with Crippen molar-refractivity contribution in [1.82, 2.24) is 48.7 Å². The summed E-state index contributed by atoms with van der Waals surface area (Å²) in [6, 6.07) is 41.2. The van der Waals surface area contributed by atoms with Crippen LogP contribution in [0.2, 0.25) is 40.2 Å². The van der Waals surface area contributed by atoms with Crippen LogP contribution in [0.15, 0.2) is 195 Å². The van der Waals surface area contributed by atoms with Gasteiger partial charge in [0.1, 0.15) is 0 Å². The zero-order chi connectivity index (χ0) is 69.5. The van der Waals surface area contributed by atoms with Crippen LogP contribution in [0.3, 0.4) is 0 Å². The van der Waals surface area contributed by atoms with Crippen molar-refractivity contribution in [3.05, 3.63) is 296 Å². The highest BCUT2D eigenvalue weighted by molar-refractivity contribution is 6.42. The molecule has 0 radical (unpaired) electrons. The molecule has 4 N–H and O–H groups in total. The van der Waals surface area contributed by atoms with Crippen molar-refractivity contribution in [3.8, 4) is 51.5 Å². The summed E-state index contributed by atoms with van der Waals surface area (Å²) in [6.07, 6.45) is 5.35. The van der Waals surface area contributed by atoms with Crippen molar-refractivity contribution in [2.45, 2.75) is 67.7 Å². The van der Waals surface area contributed by atoms with E-state index < -0.39 is 23.0 Å². The number of aromatic nitrogens is 10. The number of nitrogens with two attached hydrogens (primary N) is 2. The molecule has 0 atom stereocenters. The maximum absolute atomic E-state index is 12.2. The Morgan fingerprint density at radius 1 is 0.361 bits per heavy atom. The van der Waals surface area contributed by atoms with Crippen LogP contribution in [0.4, 0.5) is 11.4 Å². The fourth-order valence-corrected chi connectivity index (χ4v) is 11.3. The van der Waals surface area contributed by atoms with E-state index in [2.05, 4.69) is 25.4 Å². The van der Waals surface area contributed by atoms with Crippen LogP contribution in [0.5, 0.6) is 0 Å². The third-order valence-corrected chi connectivity index (χ3v) is 17.3. The molecule has 13 rings (SSSR count). The predicted octanol–water partition coefficient (Wildman–Crippen LogP) is 16.6. The molecule has 5 aromatic heterocycles. The fraction of sp³-hybridized carbons (Fsp3) is 0.145. The zero-order valence-corrected chi connectivity index (χ0v) is 58.3. The fourth-order valence-electron chi connectivity index (χ4n) is 9.67. The first-order chi connectivity index (χ1) is 46.2. The molecular formula is C69H56Cl8N12O8. The highest BCUT2D eigenvalue weighted by Crippen LogP contribution is 2.31. The van der Waals surface area contributed by atoms with Gasteiger partial charge in [-0.05, 0) is 207 Å². The van der Waals surface area contributed by atoms with Gasteiger partial charge >= 0.3 is 23.0 Å². The molecule has 0 fully saturated rings. The Morgan fingerprint density at radius 2 is 0.763 bits per heavy atom. The Kier molecular flexibility index (Phi) is 22.4. The molecule has 0 aliphatic rings. The van der Waals surface area contributed by atoms with Gasteiger partial charge in [-0.2, -0.15) is 18.7 Å². The summed E-state index contributed by atoms with van der Waals surface area (Å²) < 4.78 is 28.0. The molecule has 97 heavy (non-hydrogen) atoms.